The number of amides is 1. The van der Waals surface area contributed by atoms with Gasteiger partial charge in [-0.1, -0.05) is 6.58 Å². The Hall–Kier alpha value is -0.990. The van der Waals surface area contributed by atoms with Crippen molar-refractivity contribution in [3.05, 3.63) is 12.3 Å². The molecule has 0 aromatic rings. The molecule has 3 heteroatoms. The predicted octanol–water partition coefficient (Wildman–Crippen LogP) is 1.36. The Balaban J connectivity index is 2.74. The van der Waals surface area contributed by atoms with E-state index < -0.39 is 0 Å². The molecule has 1 unspecified atom stereocenters. The molecule has 3 nitrogen and oxygen atoms in total. The first-order chi connectivity index (χ1) is 4.66. The minimum absolute atomic E-state index is 0.146. The van der Waals surface area contributed by atoms with Crippen molar-refractivity contribution in [3.63, 3.8) is 0 Å². The fraction of sp³-hybridized carbons (Fsp3) is 0.571. The summed E-state index contributed by atoms with van der Waals surface area (Å²) in [6.07, 6.45) is -0.424. The Bertz CT molecular complexity index is 176. The first-order valence-corrected chi connectivity index (χ1v) is 3.33. The summed E-state index contributed by atoms with van der Waals surface area (Å²) in [6, 6.07) is 0. The highest BCUT2D eigenvalue weighted by Gasteiger charge is 2.30. The van der Waals surface area contributed by atoms with Gasteiger partial charge in [0.25, 0.3) is 0 Å². The van der Waals surface area contributed by atoms with Gasteiger partial charge in [0, 0.05) is 6.54 Å². The van der Waals surface area contributed by atoms with Crippen LogP contribution in [0.1, 0.15) is 13.8 Å². The smallest absolute Gasteiger partial charge is 0.414 e. The number of nitrogens with zero attached hydrogens (tertiary/aromatic N) is 1. The van der Waals surface area contributed by atoms with E-state index in [-0.39, 0.29) is 12.2 Å². The van der Waals surface area contributed by atoms with Gasteiger partial charge in [-0.05, 0) is 13.8 Å². The van der Waals surface area contributed by atoms with Crippen LogP contribution >= 0.6 is 0 Å². The lowest BCUT2D eigenvalue weighted by Gasteiger charge is -2.09. The molecule has 1 heterocycles. The molecule has 0 saturated carbocycles. The highest BCUT2D eigenvalue weighted by Crippen LogP contribution is 2.19. The third-order valence-corrected chi connectivity index (χ3v) is 1.63. The molecule has 1 fully saturated rings. The number of likely N-dealkylation sites (N-methyl/N-ethyl adjacent to an activating group) is 1. The number of hydrogen-bond acceptors (Lipinski definition) is 2. The molecule has 1 atom stereocenters. The SMILES string of the molecule is C=C1C(C)OC(=O)N1CC. The van der Waals surface area contributed by atoms with Crippen LogP contribution in [0.15, 0.2) is 12.3 Å². The summed E-state index contributed by atoms with van der Waals surface area (Å²) in [6.45, 7) is 8.07. The van der Waals surface area contributed by atoms with Gasteiger partial charge < -0.3 is 4.74 Å². The lowest BCUT2D eigenvalue weighted by molar-refractivity contribution is 0.139. The lowest BCUT2D eigenvalue weighted by atomic mass is 10.3. The molecule has 1 amide bonds. The van der Waals surface area contributed by atoms with E-state index in [9.17, 15) is 4.79 Å². The van der Waals surface area contributed by atoms with Crippen LogP contribution in [0.4, 0.5) is 4.79 Å². The Labute approximate surface area is 60.3 Å². The van der Waals surface area contributed by atoms with Crippen LogP contribution < -0.4 is 0 Å². The molecule has 0 aromatic heterocycles. The molecule has 0 aromatic carbocycles. The van der Waals surface area contributed by atoms with E-state index >= 15 is 0 Å². The first kappa shape index (κ1) is 7.12. The first-order valence-electron chi connectivity index (χ1n) is 3.33. The van der Waals surface area contributed by atoms with Gasteiger partial charge in [-0.15, -0.1) is 0 Å². The molecular formula is C7H11NO2. The number of rotatable bonds is 1. The summed E-state index contributed by atoms with van der Waals surface area (Å²) < 4.78 is 4.86. The summed E-state index contributed by atoms with van der Waals surface area (Å²) in [5.41, 5.74) is 0.757. The number of ether oxygens (including phenoxy) is 1. The van der Waals surface area contributed by atoms with E-state index in [1.54, 1.807) is 0 Å². The second kappa shape index (κ2) is 2.33. The van der Waals surface area contributed by atoms with Gasteiger partial charge in [-0.25, -0.2) is 4.79 Å². The van der Waals surface area contributed by atoms with Crippen molar-refractivity contribution in [2.24, 2.45) is 0 Å². The van der Waals surface area contributed by atoms with Crippen molar-refractivity contribution in [3.8, 4) is 0 Å². The van der Waals surface area contributed by atoms with Gasteiger partial charge in [0.05, 0.1) is 5.70 Å². The minimum Gasteiger partial charge on any atom is -0.440 e. The molecule has 1 saturated heterocycles. The highest BCUT2D eigenvalue weighted by molar-refractivity contribution is 5.73. The van der Waals surface area contributed by atoms with Gasteiger partial charge in [0.2, 0.25) is 0 Å². The maximum absolute atomic E-state index is 10.9. The zero-order valence-electron chi connectivity index (χ0n) is 6.26. The van der Waals surface area contributed by atoms with Crippen LogP contribution in [-0.4, -0.2) is 23.6 Å². The fourth-order valence-corrected chi connectivity index (χ4v) is 0.952. The molecule has 0 N–H and O–H groups in total. The van der Waals surface area contributed by atoms with E-state index in [0.717, 1.165) is 5.70 Å². The Morgan fingerprint density at radius 1 is 1.80 bits per heavy atom. The molecule has 56 valence electrons. The predicted molar refractivity (Wildman–Crippen MR) is 37.5 cm³/mol. The summed E-state index contributed by atoms with van der Waals surface area (Å²) >= 11 is 0. The van der Waals surface area contributed by atoms with Crippen molar-refractivity contribution < 1.29 is 9.53 Å². The van der Waals surface area contributed by atoms with E-state index in [1.165, 1.54) is 4.90 Å². The maximum atomic E-state index is 10.9. The standard InChI is InChI=1S/C7H11NO2/c1-4-8-5(2)6(3)10-7(8)9/h6H,2,4H2,1,3H3. The van der Waals surface area contributed by atoms with Crippen LogP contribution in [0.5, 0.6) is 0 Å². The molecule has 1 aliphatic rings. The number of carbonyl (C=O) groups excluding carboxylic acids is 1. The Morgan fingerprint density at radius 2 is 2.40 bits per heavy atom. The molecule has 1 rings (SSSR count). The van der Waals surface area contributed by atoms with Crippen LogP contribution in [0.25, 0.3) is 0 Å². The van der Waals surface area contributed by atoms with Crippen molar-refractivity contribution in [2.45, 2.75) is 20.0 Å². The molecule has 0 bridgehead atoms. The van der Waals surface area contributed by atoms with Crippen LogP contribution in [0.2, 0.25) is 0 Å². The molecule has 1 aliphatic heterocycles. The zero-order valence-corrected chi connectivity index (χ0v) is 6.26. The third-order valence-electron chi connectivity index (χ3n) is 1.63. The molecule has 0 aliphatic carbocycles. The number of cyclic esters (lactones) is 1. The largest absolute Gasteiger partial charge is 0.440 e. The van der Waals surface area contributed by atoms with Crippen LogP contribution in [-0.2, 0) is 4.74 Å². The van der Waals surface area contributed by atoms with Gasteiger partial charge in [-0.2, -0.15) is 0 Å². The highest BCUT2D eigenvalue weighted by atomic mass is 16.6. The summed E-state index contributed by atoms with van der Waals surface area (Å²) in [5, 5.41) is 0. The van der Waals surface area contributed by atoms with E-state index in [0.29, 0.717) is 6.54 Å². The van der Waals surface area contributed by atoms with Crippen molar-refractivity contribution in [1.29, 1.82) is 0 Å². The minimum atomic E-state index is -0.278. The monoisotopic (exact) mass is 141 g/mol. The summed E-state index contributed by atoms with van der Waals surface area (Å²) in [5.74, 6) is 0. The Kier molecular flexibility index (Phi) is 1.66. The zero-order chi connectivity index (χ0) is 7.72. The van der Waals surface area contributed by atoms with Crippen LogP contribution in [0.3, 0.4) is 0 Å². The lowest BCUT2D eigenvalue weighted by Crippen LogP contribution is -2.21. The van der Waals surface area contributed by atoms with Gasteiger partial charge in [0.1, 0.15) is 6.10 Å². The molecule has 10 heavy (non-hydrogen) atoms. The maximum Gasteiger partial charge on any atom is 0.414 e. The second-order valence-corrected chi connectivity index (χ2v) is 2.26. The number of carbonyl (C=O) groups is 1. The van der Waals surface area contributed by atoms with E-state index in [4.69, 9.17) is 4.74 Å². The average Bonchev–Trinajstić information content (AvgIpc) is 2.09. The topological polar surface area (TPSA) is 29.5 Å². The fourth-order valence-electron chi connectivity index (χ4n) is 0.952. The van der Waals surface area contributed by atoms with Gasteiger partial charge in [-0.3, -0.25) is 4.90 Å². The van der Waals surface area contributed by atoms with Crippen LogP contribution in [0, 0.1) is 0 Å². The van der Waals surface area contributed by atoms with E-state index in [1.807, 2.05) is 13.8 Å². The number of hydrogen-bond donors (Lipinski definition) is 0. The van der Waals surface area contributed by atoms with Gasteiger partial charge >= 0.3 is 6.09 Å². The average molecular weight is 141 g/mol. The molecular weight excluding hydrogens is 130 g/mol. The van der Waals surface area contributed by atoms with Crippen molar-refractivity contribution >= 4 is 6.09 Å². The quantitative estimate of drug-likeness (QED) is 0.551. The van der Waals surface area contributed by atoms with Gasteiger partial charge in [0.15, 0.2) is 0 Å². The van der Waals surface area contributed by atoms with Crippen molar-refractivity contribution in [1.82, 2.24) is 4.90 Å². The summed E-state index contributed by atoms with van der Waals surface area (Å²) in [4.78, 5) is 12.4. The molecule has 0 spiro atoms. The van der Waals surface area contributed by atoms with E-state index in [2.05, 4.69) is 6.58 Å². The summed E-state index contributed by atoms with van der Waals surface area (Å²) in [7, 11) is 0. The Morgan fingerprint density at radius 3 is 2.60 bits per heavy atom. The third kappa shape index (κ3) is 0.875. The molecule has 0 radical (unpaired) electrons. The second-order valence-electron chi connectivity index (χ2n) is 2.26. The van der Waals surface area contributed by atoms with Crippen molar-refractivity contribution in [2.75, 3.05) is 6.54 Å². The normalized spacial score (nSPS) is 25.4.